The highest BCUT2D eigenvalue weighted by molar-refractivity contribution is 6.46. The van der Waals surface area contributed by atoms with E-state index in [0.717, 1.165) is 27.9 Å². The zero-order chi connectivity index (χ0) is 22.3. The number of benzene rings is 3. The van der Waals surface area contributed by atoms with Crippen LogP contribution in [0.15, 0.2) is 66.4 Å². The highest BCUT2D eigenvalue weighted by atomic mass is 35.5. The molecule has 0 bridgehead atoms. The molecule has 0 radical (unpaired) electrons. The van der Waals surface area contributed by atoms with Crippen LogP contribution in [0.2, 0.25) is 5.02 Å². The zero-order valence-electron chi connectivity index (χ0n) is 17.9. The minimum Gasteiger partial charge on any atom is -0.350 e. The van der Waals surface area contributed by atoms with Crippen molar-refractivity contribution in [2.75, 3.05) is 10.2 Å². The average molecular weight is 431 g/mol. The fourth-order valence-corrected chi connectivity index (χ4v) is 3.86. The highest BCUT2D eigenvalue weighted by Crippen LogP contribution is 2.36. The largest absolute Gasteiger partial charge is 0.350 e. The van der Waals surface area contributed by atoms with Crippen LogP contribution in [0.1, 0.15) is 27.8 Å². The molecule has 3 aromatic carbocycles. The molecule has 5 heteroatoms. The molecule has 0 fully saturated rings. The number of hydrogen-bond donors (Lipinski definition) is 1. The van der Waals surface area contributed by atoms with Crippen LogP contribution in [0.5, 0.6) is 0 Å². The summed E-state index contributed by atoms with van der Waals surface area (Å²) in [7, 11) is 0. The van der Waals surface area contributed by atoms with Gasteiger partial charge < -0.3 is 5.32 Å². The molecule has 2 amide bonds. The maximum Gasteiger partial charge on any atom is 0.282 e. The number of carbonyl (C=O) groups is 2. The van der Waals surface area contributed by atoms with E-state index in [1.807, 2.05) is 70.2 Å². The van der Waals surface area contributed by atoms with Gasteiger partial charge >= 0.3 is 0 Å². The van der Waals surface area contributed by atoms with Crippen molar-refractivity contribution in [2.45, 2.75) is 27.7 Å². The van der Waals surface area contributed by atoms with E-state index < -0.39 is 5.91 Å². The molecule has 31 heavy (non-hydrogen) atoms. The van der Waals surface area contributed by atoms with Crippen LogP contribution < -0.4 is 10.2 Å². The second kappa shape index (κ2) is 8.05. The number of carbonyl (C=O) groups excluding carboxylic acids is 2. The smallest absolute Gasteiger partial charge is 0.282 e. The Kier molecular flexibility index (Phi) is 5.42. The first kappa shape index (κ1) is 20.9. The summed E-state index contributed by atoms with van der Waals surface area (Å²) >= 11 is 6.19. The monoisotopic (exact) mass is 430 g/mol. The lowest BCUT2D eigenvalue weighted by molar-refractivity contribution is -0.120. The summed E-state index contributed by atoms with van der Waals surface area (Å²) in [5, 5.41) is 3.73. The molecule has 1 heterocycles. The van der Waals surface area contributed by atoms with Crippen LogP contribution in [0.4, 0.5) is 11.4 Å². The minimum atomic E-state index is -0.396. The van der Waals surface area contributed by atoms with Gasteiger partial charge in [-0.05, 0) is 68.1 Å². The minimum absolute atomic E-state index is 0.266. The van der Waals surface area contributed by atoms with Gasteiger partial charge in [0.2, 0.25) is 0 Å². The van der Waals surface area contributed by atoms with Gasteiger partial charge in [-0.25, -0.2) is 4.90 Å². The van der Waals surface area contributed by atoms with Crippen LogP contribution in [0, 0.1) is 27.7 Å². The molecule has 4 nitrogen and oxygen atoms in total. The van der Waals surface area contributed by atoms with Gasteiger partial charge in [0.25, 0.3) is 11.8 Å². The lowest BCUT2D eigenvalue weighted by atomic mass is 10.0. The lowest BCUT2D eigenvalue weighted by Gasteiger charge is -2.18. The highest BCUT2D eigenvalue weighted by Gasteiger charge is 2.41. The van der Waals surface area contributed by atoms with Crippen molar-refractivity contribution < 1.29 is 9.59 Å². The maximum atomic E-state index is 13.6. The molecule has 0 atom stereocenters. The van der Waals surface area contributed by atoms with Gasteiger partial charge in [-0.3, -0.25) is 9.59 Å². The first-order valence-electron chi connectivity index (χ1n) is 10.1. The predicted molar refractivity (Wildman–Crippen MR) is 126 cm³/mol. The van der Waals surface area contributed by atoms with E-state index >= 15 is 0 Å². The third kappa shape index (κ3) is 3.75. The Morgan fingerprint density at radius 3 is 2.23 bits per heavy atom. The Hall–Kier alpha value is -3.37. The number of imide groups is 1. The fourth-order valence-electron chi connectivity index (χ4n) is 3.70. The summed E-state index contributed by atoms with van der Waals surface area (Å²) in [6.07, 6.45) is 0. The topological polar surface area (TPSA) is 49.4 Å². The van der Waals surface area contributed by atoms with Gasteiger partial charge in [0, 0.05) is 10.7 Å². The van der Waals surface area contributed by atoms with Crippen LogP contribution in [0.3, 0.4) is 0 Å². The van der Waals surface area contributed by atoms with Crippen molar-refractivity contribution in [3.63, 3.8) is 0 Å². The number of hydrogen-bond acceptors (Lipinski definition) is 3. The van der Waals surface area contributed by atoms with Crippen molar-refractivity contribution >= 4 is 40.4 Å². The van der Waals surface area contributed by atoms with Gasteiger partial charge in [0.05, 0.1) is 11.3 Å². The molecule has 0 saturated carbocycles. The Labute approximate surface area is 187 Å². The summed E-state index contributed by atoms with van der Waals surface area (Å²) in [6, 6.07) is 18.7. The molecule has 1 aliphatic heterocycles. The molecule has 1 N–H and O–H groups in total. The number of aryl methyl sites for hydroxylation is 3. The molecule has 0 aromatic heterocycles. The molecule has 1 aliphatic rings. The van der Waals surface area contributed by atoms with Crippen molar-refractivity contribution in [3.8, 4) is 0 Å². The summed E-state index contributed by atoms with van der Waals surface area (Å²) in [6.45, 7) is 7.84. The van der Waals surface area contributed by atoms with Gasteiger partial charge in [-0.15, -0.1) is 0 Å². The van der Waals surface area contributed by atoms with Gasteiger partial charge in [-0.1, -0.05) is 59.6 Å². The standard InChI is InChI=1S/C26H23ClN2O2/c1-15-8-11-19(12-9-15)23-24(28-21-7-5-6-16(2)18(21)4)26(31)29(25(23)30)22-14-20(27)13-10-17(22)3/h5-14,28H,1-4H3. The summed E-state index contributed by atoms with van der Waals surface area (Å²) in [5.41, 5.74) is 6.59. The van der Waals surface area contributed by atoms with Crippen LogP contribution in [-0.2, 0) is 9.59 Å². The molecular formula is C26H23ClN2O2. The van der Waals surface area contributed by atoms with Crippen molar-refractivity contribution in [1.82, 2.24) is 0 Å². The van der Waals surface area contributed by atoms with Gasteiger partial charge in [0.1, 0.15) is 5.70 Å². The SMILES string of the molecule is Cc1ccc(C2=C(Nc3cccc(C)c3C)C(=O)N(c3cc(Cl)ccc3C)C2=O)cc1. The fraction of sp³-hybridized carbons (Fsp3) is 0.154. The number of nitrogens with zero attached hydrogens (tertiary/aromatic N) is 1. The van der Waals surface area contributed by atoms with Crippen LogP contribution in [0.25, 0.3) is 5.57 Å². The van der Waals surface area contributed by atoms with E-state index in [2.05, 4.69) is 5.32 Å². The molecule has 0 unspecified atom stereocenters. The average Bonchev–Trinajstić information content (AvgIpc) is 2.98. The van der Waals surface area contributed by atoms with Crippen molar-refractivity contribution in [2.24, 2.45) is 0 Å². The quantitative estimate of drug-likeness (QED) is 0.518. The Bertz CT molecular complexity index is 1240. The number of rotatable bonds is 4. The second-order valence-corrected chi connectivity index (χ2v) is 8.30. The molecule has 3 aromatic rings. The van der Waals surface area contributed by atoms with Crippen LogP contribution >= 0.6 is 11.6 Å². The van der Waals surface area contributed by atoms with Crippen molar-refractivity contribution in [1.29, 1.82) is 0 Å². The maximum absolute atomic E-state index is 13.6. The summed E-state index contributed by atoms with van der Waals surface area (Å²) < 4.78 is 0. The first-order valence-corrected chi connectivity index (χ1v) is 10.4. The normalized spacial score (nSPS) is 13.9. The predicted octanol–water partition coefficient (Wildman–Crippen LogP) is 5.97. The zero-order valence-corrected chi connectivity index (χ0v) is 18.7. The Morgan fingerprint density at radius 1 is 0.806 bits per heavy atom. The number of amides is 2. The summed E-state index contributed by atoms with van der Waals surface area (Å²) in [4.78, 5) is 28.4. The molecule has 0 aliphatic carbocycles. The molecule has 0 saturated heterocycles. The van der Waals surface area contributed by atoms with Crippen molar-refractivity contribution in [3.05, 3.63) is 99.2 Å². The third-order valence-corrected chi connectivity index (χ3v) is 5.94. The number of nitrogens with one attached hydrogen (secondary N) is 1. The first-order chi connectivity index (χ1) is 14.8. The van der Waals surface area contributed by atoms with E-state index in [4.69, 9.17) is 11.6 Å². The van der Waals surface area contributed by atoms with E-state index in [1.165, 1.54) is 4.90 Å². The molecule has 0 spiro atoms. The third-order valence-electron chi connectivity index (χ3n) is 5.70. The Balaban J connectivity index is 1.88. The van der Waals surface area contributed by atoms with E-state index in [0.29, 0.717) is 21.8 Å². The van der Waals surface area contributed by atoms with Gasteiger partial charge in [-0.2, -0.15) is 0 Å². The molecule has 156 valence electrons. The van der Waals surface area contributed by atoms with E-state index in [-0.39, 0.29) is 11.6 Å². The van der Waals surface area contributed by atoms with Gasteiger partial charge in [0.15, 0.2) is 0 Å². The molecular weight excluding hydrogens is 408 g/mol. The van der Waals surface area contributed by atoms with Crippen LogP contribution in [-0.4, -0.2) is 11.8 Å². The Morgan fingerprint density at radius 2 is 1.52 bits per heavy atom. The molecule has 4 rings (SSSR count). The lowest BCUT2D eigenvalue weighted by Crippen LogP contribution is -2.33. The number of anilines is 2. The van der Waals surface area contributed by atoms with E-state index in [1.54, 1.807) is 18.2 Å². The van der Waals surface area contributed by atoms with E-state index in [9.17, 15) is 9.59 Å². The summed E-state index contributed by atoms with van der Waals surface area (Å²) in [5.74, 6) is -0.765. The second-order valence-electron chi connectivity index (χ2n) is 7.87. The number of halogens is 1.